The van der Waals surface area contributed by atoms with Gasteiger partial charge in [0.25, 0.3) is 0 Å². The molecule has 1 unspecified atom stereocenters. The van der Waals surface area contributed by atoms with E-state index in [4.69, 9.17) is 9.88 Å². The molecule has 140 valence electrons. The largest absolute Gasteiger partial charge is 0.442 e. The minimum atomic E-state index is -3.49. The molecule has 1 aromatic rings. The average molecular weight is 389 g/mol. The van der Waals surface area contributed by atoms with Crippen LogP contribution in [0.25, 0.3) is 0 Å². The highest BCUT2D eigenvalue weighted by atomic mass is 32.2. The van der Waals surface area contributed by atoms with Crippen LogP contribution in [0, 0.1) is 12.8 Å². The molecule has 0 radical (unpaired) electrons. The summed E-state index contributed by atoms with van der Waals surface area (Å²) >= 11 is 1.06. The minimum absolute atomic E-state index is 0.0243. The lowest BCUT2D eigenvalue weighted by Crippen LogP contribution is -2.25. The van der Waals surface area contributed by atoms with E-state index in [0.29, 0.717) is 5.69 Å². The van der Waals surface area contributed by atoms with Gasteiger partial charge >= 0.3 is 12.0 Å². The molecular formula is C15H24N4O4S2. The maximum atomic E-state index is 12.5. The molecule has 1 heterocycles. The van der Waals surface area contributed by atoms with E-state index in [1.807, 2.05) is 13.8 Å². The van der Waals surface area contributed by atoms with Gasteiger partial charge in [-0.3, -0.25) is 4.79 Å². The second-order valence-corrected chi connectivity index (χ2v) is 9.68. The summed E-state index contributed by atoms with van der Waals surface area (Å²) in [7, 11) is -3.49. The molecule has 10 heteroatoms. The smallest absolute Gasteiger partial charge is 0.434 e. The molecule has 25 heavy (non-hydrogen) atoms. The first-order chi connectivity index (χ1) is 11.3. The van der Waals surface area contributed by atoms with Gasteiger partial charge in [-0.05, 0) is 40.0 Å². The molecule has 0 aromatic carbocycles. The standard InChI is InChI=1S/C15H24N4O4S2/c1-9(2)7-11(18-13(21)23-15(4,5)6)12(20)19-25(16,22)14-17-10(3)8-24-14/h8-9H,7H2,1-6H3,(H2,16,19,20,22)/b18-11+. The lowest BCUT2D eigenvalue weighted by molar-refractivity contribution is -0.111. The molecule has 1 aromatic heterocycles. The van der Waals surface area contributed by atoms with E-state index < -0.39 is 27.5 Å². The van der Waals surface area contributed by atoms with E-state index in [0.717, 1.165) is 11.3 Å². The summed E-state index contributed by atoms with van der Waals surface area (Å²) in [5, 5.41) is 7.33. The fourth-order valence-electron chi connectivity index (χ4n) is 1.64. The number of aliphatic imine (C=N–C) groups is 1. The summed E-state index contributed by atoms with van der Waals surface area (Å²) in [5.41, 5.74) is -0.259. The Morgan fingerprint density at radius 1 is 1.40 bits per heavy atom. The maximum absolute atomic E-state index is 12.5. The molecule has 1 atom stereocenters. The first-order valence-corrected chi connectivity index (χ1v) is 10.1. The van der Waals surface area contributed by atoms with Crippen LogP contribution in [0.2, 0.25) is 0 Å². The van der Waals surface area contributed by atoms with Crippen molar-refractivity contribution in [2.75, 3.05) is 0 Å². The summed E-state index contributed by atoms with van der Waals surface area (Å²) in [6, 6.07) is 0. The van der Waals surface area contributed by atoms with Crippen LogP contribution in [0.3, 0.4) is 0 Å². The van der Waals surface area contributed by atoms with Gasteiger partial charge < -0.3 is 4.74 Å². The van der Waals surface area contributed by atoms with Crippen LogP contribution in [0.4, 0.5) is 4.79 Å². The molecule has 8 nitrogen and oxygen atoms in total. The highest BCUT2D eigenvalue weighted by molar-refractivity contribution is 7.93. The Labute approximate surface area is 152 Å². The number of aromatic nitrogens is 1. The van der Waals surface area contributed by atoms with E-state index in [1.165, 1.54) is 0 Å². The van der Waals surface area contributed by atoms with Crippen LogP contribution in [0.5, 0.6) is 0 Å². The third-order valence-electron chi connectivity index (χ3n) is 2.53. The van der Waals surface area contributed by atoms with Gasteiger partial charge in [0, 0.05) is 11.1 Å². The number of ether oxygens (including phenoxy) is 1. The number of thiazole rings is 1. The monoisotopic (exact) mass is 388 g/mol. The lowest BCUT2D eigenvalue weighted by Gasteiger charge is -2.17. The van der Waals surface area contributed by atoms with Crippen LogP contribution < -0.4 is 5.14 Å². The number of amides is 2. The minimum Gasteiger partial charge on any atom is -0.442 e. The van der Waals surface area contributed by atoms with Crippen molar-refractivity contribution in [3.05, 3.63) is 11.1 Å². The third-order valence-corrected chi connectivity index (χ3v) is 5.32. The van der Waals surface area contributed by atoms with Crippen molar-refractivity contribution in [1.82, 2.24) is 4.98 Å². The molecule has 2 N–H and O–H groups in total. The number of rotatable bonds is 4. The molecular weight excluding hydrogens is 364 g/mol. The zero-order valence-electron chi connectivity index (χ0n) is 15.2. The first-order valence-electron chi connectivity index (χ1n) is 7.62. The van der Waals surface area contributed by atoms with Gasteiger partial charge in [0.1, 0.15) is 11.3 Å². The van der Waals surface area contributed by atoms with E-state index in [1.54, 1.807) is 33.1 Å². The molecule has 2 amide bonds. The average Bonchev–Trinajstić information content (AvgIpc) is 2.82. The second kappa shape index (κ2) is 8.15. The van der Waals surface area contributed by atoms with Crippen molar-refractivity contribution in [3.8, 4) is 0 Å². The number of aryl methyl sites for hydroxylation is 1. The summed E-state index contributed by atoms with van der Waals surface area (Å²) in [4.78, 5) is 32.0. The topological polar surface area (TPSA) is 124 Å². The van der Waals surface area contributed by atoms with Crippen LogP contribution in [0.15, 0.2) is 19.1 Å². The zero-order valence-corrected chi connectivity index (χ0v) is 16.9. The number of hydrogen-bond donors (Lipinski definition) is 1. The van der Waals surface area contributed by atoms with Crippen LogP contribution in [0.1, 0.15) is 46.7 Å². The van der Waals surface area contributed by atoms with Gasteiger partial charge in [-0.15, -0.1) is 15.7 Å². The van der Waals surface area contributed by atoms with Gasteiger partial charge in [-0.2, -0.15) is 4.99 Å². The molecule has 0 aliphatic carbocycles. The fourth-order valence-corrected chi connectivity index (χ4v) is 3.68. The van der Waals surface area contributed by atoms with Crippen LogP contribution in [-0.2, 0) is 19.4 Å². The SMILES string of the molecule is Cc1csc(S(N)(=O)=NC(=O)/C(CC(C)C)=N/C(=O)OC(C)(C)C)n1. The summed E-state index contributed by atoms with van der Waals surface area (Å²) < 4.78 is 21.2. The molecule has 0 bridgehead atoms. The highest BCUT2D eigenvalue weighted by Crippen LogP contribution is 2.16. The molecule has 0 aliphatic rings. The van der Waals surface area contributed by atoms with Crippen molar-refractivity contribution in [1.29, 1.82) is 0 Å². The molecule has 0 saturated heterocycles. The Bertz CT molecular complexity index is 797. The Kier molecular flexibility index (Phi) is 6.98. The zero-order chi connectivity index (χ0) is 19.4. The number of nitrogens with two attached hydrogens (primary N) is 1. The van der Waals surface area contributed by atoms with Crippen LogP contribution in [-0.4, -0.2) is 32.5 Å². The van der Waals surface area contributed by atoms with Crippen LogP contribution >= 0.6 is 11.3 Å². The fraction of sp³-hybridized carbons (Fsp3) is 0.600. The van der Waals surface area contributed by atoms with Crippen molar-refractivity contribution in [2.45, 2.75) is 57.9 Å². The Morgan fingerprint density at radius 3 is 2.44 bits per heavy atom. The number of carbonyl (C=O) groups is 2. The van der Waals surface area contributed by atoms with Gasteiger partial charge in [0.15, 0.2) is 9.92 Å². The lowest BCUT2D eigenvalue weighted by atomic mass is 10.1. The Hall–Kier alpha value is -1.65. The van der Waals surface area contributed by atoms with Crippen molar-refractivity contribution >= 4 is 39.0 Å². The highest BCUT2D eigenvalue weighted by Gasteiger charge is 2.22. The summed E-state index contributed by atoms with van der Waals surface area (Å²) in [6.45, 7) is 10.5. The number of hydrogen-bond acceptors (Lipinski definition) is 6. The quantitative estimate of drug-likeness (QED) is 0.794. The van der Waals surface area contributed by atoms with Gasteiger partial charge in [0.2, 0.25) is 4.34 Å². The number of carbonyl (C=O) groups excluding carboxylic acids is 2. The predicted octanol–water partition coefficient (Wildman–Crippen LogP) is 3.10. The van der Waals surface area contributed by atoms with Gasteiger partial charge in [-0.25, -0.2) is 19.1 Å². The first kappa shape index (κ1) is 21.4. The van der Waals surface area contributed by atoms with E-state index in [9.17, 15) is 13.8 Å². The summed E-state index contributed by atoms with van der Waals surface area (Å²) in [6.07, 6.45) is -0.728. The van der Waals surface area contributed by atoms with Crippen molar-refractivity contribution < 1.29 is 18.5 Å². The van der Waals surface area contributed by atoms with Crippen molar-refractivity contribution in [2.24, 2.45) is 20.4 Å². The molecule has 1 rings (SSSR count). The maximum Gasteiger partial charge on any atom is 0.434 e. The molecule has 0 saturated carbocycles. The molecule has 0 fully saturated rings. The van der Waals surface area contributed by atoms with E-state index in [-0.39, 0.29) is 22.4 Å². The summed E-state index contributed by atoms with van der Waals surface area (Å²) in [5.74, 6) is -0.879. The Balaban J connectivity index is 3.18. The van der Waals surface area contributed by atoms with Crippen molar-refractivity contribution in [3.63, 3.8) is 0 Å². The molecule has 0 aliphatic heterocycles. The Morgan fingerprint density at radius 2 is 2.00 bits per heavy atom. The van der Waals surface area contributed by atoms with E-state index in [2.05, 4.69) is 14.3 Å². The predicted molar refractivity (Wildman–Crippen MR) is 98.0 cm³/mol. The molecule has 0 spiro atoms. The number of nitrogens with zero attached hydrogens (tertiary/aromatic N) is 3. The second-order valence-electron chi connectivity index (χ2n) is 6.86. The van der Waals surface area contributed by atoms with Gasteiger partial charge in [-0.1, -0.05) is 13.8 Å². The normalized spacial score (nSPS) is 15.0. The third kappa shape index (κ3) is 7.41. The van der Waals surface area contributed by atoms with Gasteiger partial charge in [0.05, 0.1) is 0 Å². The van der Waals surface area contributed by atoms with E-state index >= 15 is 0 Å².